The Bertz CT molecular complexity index is 404. The fourth-order valence-electron chi connectivity index (χ4n) is 1.51. The van der Waals surface area contributed by atoms with Crippen molar-refractivity contribution < 1.29 is 9.00 Å². The molecule has 1 aliphatic rings. The van der Waals surface area contributed by atoms with E-state index >= 15 is 0 Å². The van der Waals surface area contributed by atoms with Gasteiger partial charge in [0, 0.05) is 16.5 Å². The molecule has 3 nitrogen and oxygen atoms in total. The van der Waals surface area contributed by atoms with Crippen LogP contribution < -0.4 is 5.32 Å². The van der Waals surface area contributed by atoms with Crippen molar-refractivity contribution in [2.75, 3.05) is 6.54 Å². The zero-order valence-electron chi connectivity index (χ0n) is 7.90. The van der Waals surface area contributed by atoms with E-state index in [9.17, 15) is 9.00 Å². The zero-order valence-corrected chi connectivity index (χ0v) is 9.48. The number of rotatable bonds is 2. The van der Waals surface area contributed by atoms with E-state index < -0.39 is 16.0 Å². The van der Waals surface area contributed by atoms with Crippen LogP contribution in [0.25, 0.3) is 0 Å². The van der Waals surface area contributed by atoms with Gasteiger partial charge in [0.25, 0.3) is 0 Å². The van der Waals surface area contributed by atoms with Crippen LogP contribution in [0.1, 0.15) is 6.42 Å². The molecule has 1 aliphatic heterocycles. The molecule has 80 valence electrons. The van der Waals surface area contributed by atoms with Crippen LogP contribution in [0.4, 0.5) is 0 Å². The van der Waals surface area contributed by atoms with Gasteiger partial charge in [-0.1, -0.05) is 11.6 Å². The van der Waals surface area contributed by atoms with E-state index in [0.717, 1.165) is 0 Å². The van der Waals surface area contributed by atoms with E-state index in [2.05, 4.69) is 5.32 Å². The highest BCUT2D eigenvalue weighted by atomic mass is 35.5. The number of benzene rings is 1. The predicted molar refractivity (Wildman–Crippen MR) is 59.3 cm³/mol. The third kappa shape index (κ3) is 2.21. The molecule has 1 saturated heterocycles. The summed E-state index contributed by atoms with van der Waals surface area (Å²) in [5.41, 5.74) is 0. The Kier molecular flexibility index (Phi) is 3.07. The first-order chi connectivity index (χ1) is 7.18. The lowest BCUT2D eigenvalue weighted by Crippen LogP contribution is -2.26. The van der Waals surface area contributed by atoms with Gasteiger partial charge in [-0.25, -0.2) is 0 Å². The van der Waals surface area contributed by atoms with E-state index in [4.69, 9.17) is 11.6 Å². The third-order valence-corrected chi connectivity index (χ3v) is 4.26. The molecule has 0 bridgehead atoms. The van der Waals surface area contributed by atoms with Crippen LogP contribution in [-0.2, 0) is 15.6 Å². The van der Waals surface area contributed by atoms with Crippen molar-refractivity contribution in [3.05, 3.63) is 29.3 Å². The number of halogens is 1. The van der Waals surface area contributed by atoms with Gasteiger partial charge in [0.2, 0.25) is 5.91 Å². The smallest absolute Gasteiger partial charge is 0.236 e. The van der Waals surface area contributed by atoms with E-state index in [-0.39, 0.29) is 5.91 Å². The predicted octanol–water partition coefficient (Wildman–Crippen LogP) is 1.34. The summed E-state index contributed by atoms with van der Waals surface area (Å²) in [6.45, 7) is 0.614. The molecule has 1 aromatic rings. The highest BCUT2D eigenvalue weighted by Crippen LogP contribution is 2.18. The molecule has 2 rings (SSSR count). The van der Waals surface area contributed by atoms with Crippen LogP contribution in [0, 0.1) is 0 Å². The minimum atomic E-state index is -1.27. The second-order valence-corrected chi connectivity index (χ2v) is 5.39. The first kappa shape index (κ1) is 10.6. The normalized spacial score (nSPS) is 22.5. The fraction of sp³-hybridized carbons (Fsp3) is 0.300. The first-order valence-corrected chi connectivity index (χ1v) is 6.21. The quantitative estimate of drug-likeness (QED) is 0.852. The average molecular weight is 244 g/mol. The van der Waals surface area contributed by atoms with Gasteiger partial charge in [0.05, 0.1) is 10.8 Å². The minimum Gasteiger partial charge on any atom is -0.355 e. The molecule has 1 N–H and O–H groups in total. The van der Waals surface area contributed by atoms with Crippen LogP contribution in [0.3, 0.4) is 0 Å². The number of nitrogens with one attached hydrogen (secondary N) is 1. The number of hydrogen-bond acceptors (Lipinski definition) is 2. The average Bonchev–Trinajstić information content (AvgIpc) is 2.65. The highest BCUT2D eigenvalue weighted by Gasteiger charge is 2.30. The van der Waals surface area contributed by atoms with E-state index in [1.54, 1.807) is 24.3 Å². The summed E-state index contributed by atoms with van der Waals surface area (Å²) >= 11 is 5.73. The van der Waals surface area contributed by atoms with Crippen LogP contribution >= 0.6 is 11.6 Å². The Balaban J connectivity index is 2.20. The Hall–Kier alpha value is -0.870. The minimum absolute atomic E-state index is 0.122. The van der Waals surface area contributed by atoms with Crippen molar-refractivity contribution >= 4 is 28.3 Å². The molecule has 0 radical (unpaired) electrons. The molecule has 0 aliphatic carbocycles. The van der Waals surface area contributed by atoms with E-state index in [1.807, 2.05) is 0 Å². The molecule has 5 heteroatoms. The number of hydrogen-bond donors (Lipinski definition) is 1. The van der Waals surface area contributed by atoms with Crippen LogP contribution in [0.5, 0.6) is 0 Å². The molecule has 0 saturated carbocycles. The molecule has 15 heavy (non-hydrogen) atoms. The maximum atomic E-state index is 12.0. The van der Waals surface area contributed by atoms with Crippen molar-refractivity contribution in [1.29, 1.82) is 0 Å². The van der Waals surface area contributed by atoms with Crippen molar-refractivity contribution in [3.63, 3.8) is 0 Å². The molecular formula is C10H10ClNO2S. The topological polar surface area (TPSA) is 46.2 Å². The van der Waals surface area contributed by atoms with Crippen LogP contribution in [-0.4, -0.2) is 21.9 Å². The van der Waals surface area contributed by atoms with Gasteiger partial charge < -0.3 is 5.32 Å². The van der Waals surface area contributed by atoms with E-state index in [1.165, 1.54) is 0 Å². The molecule has 2 unspecified atom stereocenters. The molecule has 0 aromatic heterocycles. The van der Waals surface area contributed by atoms with Gasteiger partial charge >= 0.3 is 0 Å². The molecule has 1 amide bonds. The second-order valence-electron chi connectivity index (χ2n) is 3.32. The summed E-state index contributed by atoms with van der Waals surface area (Å²) in [6.07, 6.45) is 0.633. The fourth-order valence-corrected chi connectivity index (χ4v) is 2.98. The van der Waals surface area contributed by atoms with Gasteiger partial charge in [-0.15, -0.1) is 0 Å². The zero-order chi connectivity index (χ0) is 10.8. The highest BCUT2D eigenvalue weighted by molar-refractivity contribution is 7.86. The molecule has 1 aromatic carbocycles. The summed E-state index contributed by atoms with van der Waals surface area (Å²) in [5.74, 6) is -0.122. The maximum absolute atomic E-state index is 12.0. The van der Waals surface area contributed by atoms with Crippen LogP contribution in [0.15, 0.2) is 29.2 Å². The van der Waals surface area contributed by atoms with Gasteiger partial charge in [-0.05, 0) is 30.7 Å². The van der Waals surface area contributed by atoms with Gasteiger partial charge in [0.15, 0.2) is 0 Å². The summed E-state index contributed by atoms with van der Waals surface area (Å²) in [6, 6.07) is 6.76. The van der Waals surface area contributed by atoms with E-state index in [0.29, 0.717) is 22.9 Å². The largest absolute Gasteiger partial charge is 0.355 e. The summed E-state index contributed by atoms with van der Waals surface area (Å²) < 4.78 is 12.0. The van der Waals surface area contributed by atoms with Gasteiger partial charge in [0.1, 0.15) is 5.25 Å². The lowest BCUT2D eigenvalue weighted by atomic mass is 10.4. The lowest BCUT2D eigenvalue weighted by molar-refractivity contribution is -0.118. The number of carbonyl (C=O) groups is 1. The van der Waals surface area contributed by atoms with Crippen molar-refractivity contribution in [1.82, 2.24) is 5.32 Å². The summed E-state index contributed by atoms with van der Waals surface area (Å²) in [5, 5.41) is 2.87. The summed E-state index contributed by atoms with van der Waals surface area (Å²) in [4.78, 5) is 12.0. The lowest BCUT2D eigenvalue weighted by Gasteiger charge is -2.06. The van der Waals surface area contributed by atoms with Gasteiger partial charge in [-0.2, -0.15) is 0 Å². The first-order valence-electron chi connectivity index (χ1n) is 4.62. The second kappa shape index (κ2) is 4.33. The van der Waals surface area contributed by atoms with Crippen molar-refractivity contribution in [3.8, 4) is 0 Å². The van der Waals surface area contributed by atoms with Crippen molar-refractivity contribution in [2.24, 2.45) is 0 Å². The molecule has 1 fully saturated rings. The van der Waals surface area contributed by atoms with Gasteiger partial charge in [-0.3, -0.25) is 9.00 Å². The van der Waals surface area contributed by atoms with Crippen LogP contribution in [0.2, 0.25) is 5.02 Å². The Morgan fingerprint density at radius 3 is 2.53 bits per heavy atom. The number of amides is 1. The summed E-state index contributed by atoms with van der Waals surface area (Å²) in [7, 11) is -1.27. The monoisotopic (exact) mass is 243 g/mol. The standard InChI is InChI=1S/C10H10ClNO2S/c11-7-1-3-8(4-2-7)15(14)9-5-6-12-10(9)13/h1-4,9H,5-6H2,(H,12,13). The Morgan fingerprint density at radius 1 is 1.33 bits per heavy atom. The third-order valence-electron chi connectivity index (χ3n) is 2.30. The SMILES string of the molecule is O=C1NCCC1S(=O)c1ccc(Cl)cc1. The maximum Gasteiger partial charge on any atom is 0.236 e. The Morgan fingerprint density at radius 2 is 2.00 bits per heavy atom. The Labute approximate surface area is 95.3 Å². The molecule has 2 atom stereocenters. The molecular weight excluding hydrogens is 234 g/mol. The van der Waals surface area contributed by atoms with Crippen molar-refractivity contribution in [2.45, 2.75) is 16.6 Å². The molecule has 1 heterocycles. The number of carbonyl (C=O) groups excluding carboxylic acids is 1. The molecule has 0 spiro atoms.